The van der Waals surface area contributed by atoms with Crippen molar-refractivity contribution >= 4 is 17.6 Å². The number of alkyl halides is 1. The Morgan fingerprint density at radius 1 is 1.47 bits per heavy atom. The molecule has 8 heteroatoms. The highest BCUT2D eigenvalue weighted by molar-refractivity contribution is 6.30. The first kappa shape index (κ1) is 14.1. The van der Waals surface area contributed by atoms with Gasteiger partial charge in [0, 0.05) is 0 Å². The average Bonchev–Trinajstić information content (AvgIpc) is 2.80. The van der Waals surface area contributed by atoms with Crippen molar-refractivity contribution in [2.75, 3.05) is 13.2 Å². The lowest BCUT2D eigenvalue weighted by Gasteiger charge is -2.21. The van der Waals surface area contributed by atoms with Crippen LogP contribution in [0.4, 0.5) is 4.39 Å². The van der Waals surface area contributed by atoms with E-state index in [9.17, 15) is 9.18 Å². The van der Waals surface area contributed by atoms with Gasteiger partial charge in [-0.15, -0.1) is 0 Å². The smallest absolute Gasteiger partial charge is 0.347 e. The maximum Gasteiger partial charge on any atom is 0.347 e. The molecule has 1 fully saturated rings. The van der Waals surface area contributed by atoms with Crippen LogP contribution in [0, 0.1) is 6.92 Å². The van der Waals surface area contributed by atoms with Crippen molar-refractivity contribution in [3.05, 3.63) is 22.2 Å². The summed E-state index contributed by atoms with van der Waals surface area (Å²) in [6.07, 6.45) is -0.947. The summed E-state index contributed by atoms with van der Waals surface area (Å²) in [6.45, 7) is 3.01. The summed E-state index contributed by atoms with van der Waals surface area (Å²) in [5.74, 6) is -1.49. The lowest BCUT2D eigenvalue weighted by molar-refractivity contribution is -0.150. The van der Waals surface area contributed by atoms with Crippen LogP contribution in [-0.2, 0) is 19.9 Å². The first-order chi connectivity index (χ1) is 8.84. The van der Waals surface area contributed by atoms with Gasteiger partial charge in [-0.2, -0.15) is 0 Å². The molecule has 2 rings (SSSR count). The zero-order valence-corrected chi connectivity index (χ0v) is 11.1. The molecule has 2 heterocycles. The van der Waals surface area contributed by atoms with Crippen LogP contribution in [0.15, 0.2) is 0 Å². The Kier molecular flexibility index (Phi) is 3.71. The Hall–Kier alpha value is -1.31. The number of ether oxygens (including phenoxy) is 2. The molecule has 0 amide bonds. The van der Waals surface area contributed by atoms with Crippen molar-refractivity contribution in [3.8, 4) is 0 Å². The highest BCUT2D eigenvalue weighted by Gasteiger charge is 2.42. The summed E-state index contributed by atoms with van der Waals surface area (Å²) in [7, 11) is 0. The first-order valence-electron chi connectivity index (χ1n) is 5.54. The van der Waals surface area contributed by atoms with Crippen molar-refractivity contribution in [2.45, 2.75) is 25.8 Å². The molecule has 1 aromatic rings. The number of carboxylic acid groups (broad SMARTS) is 1. The Morgan fingerprint density at radius 3 is 2.58 bits per heavy atom. The SMILES string of the molecule is Cc1nc(Cl)c(C2OCCO2)c(C(C)(F)C(=O)O)n1. The molecular formula is C11H12ClFN2O4. The summed E-state index contributed by atoms with van der Waals surface area (Å²) >= 11 is 5.95. The van der Waals surface area contributed by atoms with Crippen LogP contribution in [0.2, 0.25) is 5.15 Å². The third-order valence-corrected chi connectivity index (χ3v) is 3.00. The molecule has 0 bridgehead atoms. The normalized spacial score (nSPS) is 19.4. The van der Waals surface area contributed by atoms with Gasteiger partial charge in [-0.1, -0.05) is 11.6 Å². The fourth-order valence-corrected chi connectivity index (χ4v) is 2.04. The van der Waals surface area contributed by atoms with Crippen molar-refractivity contribution in [3.63, 3.8) is 0 Å². The molecule has 0 aromatic carbocycles. The minimum absolute atomic E-state index is 0.0252. The number of aryl methyl sites for hydroxylation is 1. The van der Waals surface area contributed by atoms with E-state index in [1.807, 2.05) is 0 Å². The molecule has 19 heavy (non-hydrogen) atoms. The van der Waals surface area contributed by atoms with E-state index in [0.29, 0.717) is 13.2 Å². The van der Waals surface area contributed by atoms with E-state index >= 15 is 0 Å². The molecule has 1 N–H and O–H groups in total. The molecule has 1 aliphatic heterocycles. The number of aromatic nitrogens is 2. The standard InChI is InChI=1S/C11H12ClFN2O4/c1-5-14-7(11(2,13)10(16)17)6(8(12)15-5)9-18-3-4-19-9/h9H,3-4H2,1-2H3,(H,16,17). The molecule has 0 saturated carbocycles. The molecule has 1 unspecified atom stereocenters. The molecule has 1 saturated heterocycles. The van der Waals surface area contributed by atoms with E-state index in [1.165, 1.54) is 6.92 Å². The van der Waals surface area contributed by atoms with Gasteiger partial charge in [0.1, 0.15) is 16.7 Å². The molecule has 0 radical (unpaired) electrons. The quantitative estimate of drug-likeness (QED) is 0.854. The third kappa shape index (κ3) is 2.54. The highest BCUT2D eigenvalue weighted by atomic mass is 35.5. The Labute approximate surface area is 113 Å². The predicted octanol–water partition coefficient (Wildman–Crippen LogP) is 1.75. The van der Waals surface area contributed by atoms with Crippen molar-refractivity contribution < 1.29 is 23.8 Å². The molecule has 6 nitrogen and oxygen atoms in total. The zero-order chi connectivity index (χ0) is 14.2. The number of rotatable bonds is 3. The zero-order valence-electron chi connectivity index (χ0n) is 10.3. The molecule has 104 valence electrons. The van der Waals surface area contributed by atoms with Crippen molar-refractivity contribution in [1.82, 2.24) is 9.97 Å². The molecule has 0 aliphatic carbocycles. The fraction of sp³-hybridized carbons (Fsp3) is 0.545. The molecular weight excluding hydrogens is 279 g/mol. The van der Waals surface area contributed by atoms with Crippen LogP contribution in [0.25, 0.3) is 0 Å². The van der Waals surface area contributed by atoms with E-state index in [-0.39, 0.29) is 22.2 Å². The maximum absolute atomic E-state index is 14.4. The van der Waals surface area contributed by atoms with Gasteiger partial charge < -0.3 is 14.6 Å². The van der Waals surface area contributed by atoms with Crippen LogP contribution in [-0.4, -0.2) is 34.3 Å². The Morgan fingerprint density at radius 2 is 2.05 bits per heavy atom. The number of nitrogens with zero attached hydrogens (tertiary/aromatic N) is 2. The Bertz CT molecular complexity index is 518. The fourth-order valence-electron chi connectivity index (χ4n) is 1.74. The summed E-state index contributed by atoms with van der Waals surface area (Å²) < 4.78 is 24.8. The number of aliphatic carboxylic acids is 1. The van der Waals surface area contributed by atoms with Gasteiger partial charge in [-0.25, -0.2) is 19.2 Å². The summed E-state index contributed by atoms with van der Waals surface area (Å²) in [6, 6.07) is 0. The van der Waals surface area contributed by atoms with Crippen molar-refractivity contribution in [1.29, 1.82) is 0 Å². The highest BCUT2D eigenvalue weighted by Crippen LogP contribution is 2.37. The molecule has 0 spiro atoms. The van der Waals surface area contributed by atoms with E-state index in [2.05, 4.69) is 9.97 Å². The van der Waals surface area contributed by atoms with Crippen LogP contribution >= 0.6 is 11.6 Å². The van der Waals surface area contributed by atoms with Crippen LogP contribution in [0.5, 0.6) is 0 Å². The maximum atomic E-state index is 14.4. The predicted molar refractivity (Wildman–Crippen MR) is 62.5 cm³/mol. The van der Waals surface area contributed by atoms with Gasteiger partial charge >= 0.3 is 5.97 Å². The van der Waals surface area contributed by atoms with Crippen LogP contribution in [0.1, 0.15) is 30.3 Å². The minimum Gasteiger partial charge on any atom is -0.479 e. The lowest BCUT2D eigenvalue weighted by atomic mass is 9.99. The van der Waals surface area contributed by atoms with Crippen LogP contribution in [0.3, 0.4) is 0 Å². The third-order valence-electron chi connectivity index (χ3n) is 2.71. The van der Waals surface area contributed by atoms with Crippen LogP contribution < -0.4 is 0 Å². The van der Waals surface area contributed by atoms with E-state index in [1.54, 1.807) is 0 Å². The van der Waals surface area contributed by atoms with E-state index < -0.39 is 17.9 Å². The minimum atomic E-state index is -2.71. The molecule has 1 aliphatic rings. The number of hydrogen-bond acceptors (Lipinski definition) is 5. The Balaban J connectivity index is 2.60. The lowest BCUT2D eigenvalue weighted by Crippen LogP contribution is -2.31. The molecule has 1 atom stereocenters. The van der Waals surface area contributed by atoms with Crippen molar-refractivity contribution in [2.24, 2.45) is 0 Å². The van der Waals surface area contributed by atoms with Gasteiger partial charge in [0.05, 0.1) is 18.8 Å². The van der Waals surface area contributed by atoms with E-state index in [4.69, 9.17) is 26.2 Å². The monoisotopic (exact) mass is 290 g/mol. The van der Waals surface area contributed by atoms with Gasteiger partial charge in [0.2, 0.25) is 5.67 Å². The topological polar surface area (TPSA) is 81.5 Å². The van der Waals surface area contributed by atoms with E-state index in [0.717, 1.165) is 6.92 Å². The number of carboxylic acids is 1. The summed E-state index contributed by atoms with van der Waals surface area (Å²) in [4.78, 5) is 18.8. The summed E-state index contributed by atoms with van der Waals surface area (Å²) in [5, 5.41) is 8.91. The number of hydrogen-bond donors (Lipinski definition) is 1. The van der Waals surface area contributed by atoms with Gasteiger partial charge in [0.15, 0.2) is 6.29 Å². The average molecular weight is 291 g/mol. The van der Waals surface area contributed by atoms with Gasteiger partial charge in [-0.05, 0) is 13.8 Å². The van der Waals surface area contributed by atoms with Gasteiger partial charge in [0.25, 0.3) is 0 Å². The first-order valence-corrected chi connectivity index (χ1v) is 5.92. The van der Waals surface area contributed by atoms with Gasteiger partial charge in [-0.3, -0.25) is 0 Å². The second kappa shape index (κ2) is 4.99. The summed E-state index contributed by atoms with van der Waals surface area (Å²) in [5.41, 5.74) is -3.02. The number of carbonyl (C=O) groups is 1. The molecule has 1 aromatic heterocycles. The second-order valence-electron chi connectivity index (χ2n) is 4.21. The second-order valence-corrected chi connectivity index (χ2v) is 4.56. The largest absolute Gasteiger partial charge is 0.479 e. The number of halogens is 2.